The van der Waals surface area contributed by atoms with E-state index in [1.807, 2.05) is 30.3 Å². The highest BCUT2D eigenvalue weighted by atomic mass is 16.6. The van der Waals surface area contributed by atoms with Crippen LogP contribution in [-0.2, 0) is 0 Å². The lowest BCUT2D eigenvalue weighted by atomic mass is 10.1. The van der Waals surface area contributed by atoms with Crippen molar-refractivity contribution in [3.05, 3.63) is 74.1 Å². The lowest BCUT2D eigenvalue weighted by molar-refractivity contribution is -0.394. The van der Waals surface area contributed by atoms with Crippen molar-refractivity contribution in [1.29, 1.82) is 0 Å². The fourth-order valence-electron chi connectivity index (χ4n) is 2.65. The fraction of sp³-hybridized carbons (Fsp3) is 0.0588. The van der Waals surface area contributed by atoms with E-state index in [1.54, 1.807) is 0 Å². The number of nitro benzene ring substituents is 2. The van der Waals surface area contributed by atoms with Gasteiger partial charge in [0.25, 0.3) is 17.3 Å². The topological polar surface area (TPSA) is 134 Å². The van der Waals surface area contributed by atoms with Gasteiger partial charge in [-0.25, -0.2) is 0 Å². The van der Waals surface area contributed by atoms with Gasteiger partial charge in [-0.3, -0.25) is 20.2 Å². The third-order valence-corrected chi connectivity index (χ3v) is 3.92. The molecule has 0 fully saturated rings. The lowest BCUT2D eigenvalue weighted by Gasteiger charge is -2.15. The quantitative estimate of drug-likeness (QED) is 0.506. The summed E-state index contributed by atoms with van der Waals surface area (Å²) in [6.07, 6.45) is 1.85. The van der Waals surface area contributed by atoms with Crippen LogP contribution in [0.2, 0.25) is 0 Å². The smallest absolute Gasteiger partial charge is 0.277 e. The summed E-state index contributed by atoms with van der Waals surface area (Å²) in [6.45, 7) is 0.227. The molecule has 3 aromatic rings. The Morgan fingerprint density at radius 2 is 1.70 bits per heavy atom. The highest BCUT2D eigenvalue weighted by Crippen LogP contribution is 2.32. The zero-order valence-corrected chi connectivity index (χ0v) is 13.6. The number of hydrogen-bond donors (Lipinski definition) is 0. The summed E-state index contributed by atoms with van der Waals surface area (Å²) in [5.74, 6) is 0.921. The minimum atomic E-state index is -0.720. The molecule has 0 spiro atoms. The minimum absolute atomic E-state index is 0.0587. The highest BCUT2D eigenvalue weighted by molar-refractivity contribution is 5.83. The Labute approximate surface area is 151 Å². The van der Waals surface area contributed by atoms with Crippen LogP contribution in [0.5, 0.6) is 5.75 Å². The number of para-hydroxylation sites is 1. The number of ether oxygens (including phenoxy) is 1. The average molecular weight is 366 g/mol. The highest BCUT2D eigenvalue weighted by Gasteiger charge is 2.22. The first-order valence-corrected chi connectivity index (χ1v) is 7.72. The van der Waals surface area contributed by atoms with Crippen LogP contribution in [0.4, 0.5) is 11.4 Å². The molecule has 10 heteroatoms. The number of nitrogens with zero attached hydrogens (tertiary/aromatic N) is 4. The van der Waals surface area contributed by atoms with Gasteiger partial charge >= 0.3 is 0 Å². The number of fused-ring (bicyclic) bond motifs is 1. The van der Waals surface area contributed by atoms with Crippen molar-refractivity contribution < 1.29 is 19.1 Å². The predicted octanol–water partition coefficient (Wildman–Crippen LogP) is 3.49. The molecular formula is C17H10N4O6. The van der Waals surface area contributed by atoms with E-state index in [9.17, 15) is 20.2 Å². The molecule has 27 heavy (non-hydrogen) atoms. The number of nitro groups is 2. The van der Waals surface area contributed by atoms with Gasteiger partial charge in [0.15, 0.2) is 0 Å². The van der Waals surface area contributed by atoms with Crippen LogP contribution < -0.4 is 4.74 Å². The molecule has 0 amide bonds. The van der Waals surface area contributed by atoms with Gasteiger partial charge in [-0.15, -0.1) is 0 Å². The Morgan fingerprint density at radius 3 is 2.41 bits per heavy atom. The molecule has 0 atom stereocenters. The van der Waals surface area contributed by atoms with E-state index in [-0.39, 0.29) is 23.9 Å². The third kappa shape index (κ3) is 3.11. The molecule has 2 heterocycles. The molecule has 0 bridgehead atoms. The van der Waals surface area contributed by atoms with E-state index in [2.05, 4.69) is 10.1 Å². The van der Waals surface area contributed by atoms with Gasteiger partial charge in [0.05, 0.1) is 21.5 Å². The second kappa shape index (κ2) is 6.33. The molecule has 1 aliphatic heterocycles. The summed E-state index contributed by atoms with van der Waals surface area (Å²) >= 11 is 0. The van der Waals surface area contributed by atoms with Crippen molar-refractivity contribution in [3.8, 4) is 17.2 Å². The molecule has 0 radical (unpaired) electrons. The molecule has 4 rings (SSSR count). The Hall–Kier alpha value is -4.08. The van der Waals surface area contributed by atoms with Gasteiger partial charge in [-0.1, -0.05) is 23.4 Å². The molecule has 0 unspecified atom stereocenters. The van der Waals surface area contributed by atoms with Crippen molar-refractivity contribution in [2.75, 3.05) is 6.61 Å². The van der Waals surface area contributed by atoms with E-state index in [4.69, 9.17) is 9.26 Å². The van der Waals surface area contributed by atoms with Crippen molar-refractivity contribution in [3.63, 3.8) is 0 Å². The normalized spacial score (nSPS) is 12.7. The molecule has 134 valence electrons. The van der Waals surface area contributed by atoms with Crippen molar-refractivity contribution in [1.82, 2.24) is 10.1 Å². The maximum Gasteiger partial charge on any atom is 0.277 e. The van der Waals surface area contributed by atoms with Crippen LogP contribution in [-0.4, -0.2) is 26.6 Å². The molecule has 0 saturated heterocycles. The van der Waals surface area contributed by atoms with E-state index in [1.165, 1.54) is 0 Å². The summed E-state index contributed by atoms with van der Waals surface area (Å²) < 4.78 is 10.8. The maximum atomic E-state index is 11.0. The van der Waals surface area contributed by atoms with E-state index in [0.717, 1.165) is 29.5 Å². The predicted molar refractivity (Wildman–Crippen MR) is 92.9 cm³/mol. The average Bonchev–Trinajstić information content (AvgIpc) is 3.17. The van der Waals surface area contributed by atoms with Crippen molar-refractivity contribution in [2.45, 2.75) is 0 Å². The van der Waals surface area contributed by atoms with Crippen LogP contribution in [0, 0.1) is 20.2 Å². The SMILES string of the molecule is O=[N+]([O-])c1cc(-c2nc(C3=Cc4ccccc4OC3)no2)cc([N+](=O)[O-])c1. The first-order chi connectivity index (χ1) is 13.0. The van der Waals surface area contributed by atoms with E-state index < -0.39 is 21.2 Å². The van der Waals surface area contributed by atoms with Crippen LogP contribution in [0.1, 0.15) is 11.4 Å². The van der Waals surface area contributed by atoms with Gasteiger partial charge in [0.2, 0.25) is 5.82 Å². The number of aromatic nitrogens is 2. The molecule has 0 aliphatic carbocycles. The summed E-state index contributed by atoms with van der Waals surface area (Å²) in [6, 6.07) is 10.6. The summed E-state index contributed by atoms with van der Waals surface area (Å²) in [7, 11) is 0. The molecule has 1 aliphatic rings. The Morgan fingerprint density at radius 1 is 1.00 bits per heavy atom. The zero-order chi connectivity index (χ0) is 19.0. The number of hydrogen-bond acceptors (Lipinski definition) is 8. The number of benzene rings is 2. The van der Waals surface area contributed by atoms with Gasteiger partial charge in [0, 0.05) is 23.3 Å². The zero-order valence-electron chi connectivity index (χ0n) is 13.6. The van der Waals surface area contributed by atoms with E-state index >= 15 is 0 Å². The van der Waals surface area contributed by atoms with Crippen molar-refractivity contribution in [2.24, 2.45) is 0 Å². The summed E-state index contributed by atoms with van der Waals surface area (Å²) in [5, 5.41) is 25.9. The maximum absolute atomic E-state index is 11.0. The molecule has 10 nitrogen and oxygen atoms in total. The van der Waals surface area contributed by atoms with Gasteiger partial charge in [-0.2, -0.15) is 4.98 Å². The number of non-ortho nitro benzene ring substituents is 2. The third-order valence-electron chi connectivity index (χ3n) is 3.92. The van der Waals surface area contributed by atoms with Gasteiger partial charge in [0.1, 0.15) is 12.4 Å². The number of rotatable bonds is 4. The van der Waals surface area contributed by atoms with Crippen LogP contribution in [0.25, 0.3) is 23.1 Å². The van der Waals surface area contributed by atoms with Crippen LogP contribution in [0.15, 0.2) is 47.0 Å². The second-order valence-corrected chi connectivity index (χ2v) is 5.67. The van der Waals surface area contributed by atoms with Crippen LogP contribution >= 0.6 is 0 Å². The first kappa shape index (κ1) is 16.4. The molecule has 1 aromatic heterocycles. The first-order valence-electron chi connectivity index (χ1n) is 7.72. The minimum Gasteiger partial charge on any atom is -0.488 e. The molecule has 2 aromatic carbocycles. The monoisotopic (exact) mass is 366 g/mol. The summed E-state index contributed by atoms with van der Waals surface area (Å²) in [5.41, 5.74) is 0.730. The molecule has 0 N–H and O–H groups in total. The van der Waals surface area contributed by atoms with Gasteiger partial charge in [-0.05, 0) is 12.1 Å². The molecule has 0 saturated carbocycles. The van der Waals surface area contributed by atoms with Crippen molar-refractivity contribution >= 4 is 23.0 Å². The van der Waals surface area contributed by atoms with Gasteiger partial charge < -0.3 is 9.26 Å². The Kier molecular flexibility index (Phi) is 3.84. The summed E-state index contributed by atoms with van der Waals surface area (Å²) in [4.78, 5) is 24.8. The Bertz CT molecular complexity index is 1070. The largest absolute Gasteiger partial charge is 0.488 e. The van der Waals surface area contributed by atoms with E-state index in [0.29, 0.717) is 5.57 Å². The standard InChI is InChI=1S/C17H10N4O6/c22-20(23)13-6-11(7-14(8-13)21(24)25)17-18-16(19-27-17)12-5-10-3-1-2-4-15(10)26-9-12/h1-8H,9H2. The van der Waals surface area contributed by atoms with Crippen LogP contribution in [0.3, 0.4) is 0 Å². The Balaban J connectivity index is 1.73. The lowest BCUT2D eigenvalue weighted by Crippen LogP contribution is -2.07. The molecular weight excluding hydrogens is 356 g/mol. The fourth-order valence-corrected chi connectivity index (χ4v) is 2.65. The second-order valence-electron chi connectivity index (χ2n) is 5.67.